The molecule has 0 amide bonds. The van der Waals surface area contributed by atoms with E-state index in [1.807, 2.05) is 12.4 Å². The van der Waals surface area contributed by atoms with Gasteiger partial charge in [-0.3, -0.25) is 4.98 Å². The lowest BCUT2D eigenvalue weighted by atomic mass is 10.3. The summed E-state index contributed by atoms with van der Waals surface area (Å²) < 4.78 is 1.21. The van der Waals surface area contributed by atoms with Crippen LogP contribution in [0, 0.1) is 3.57 Å². The average molecular weight is 419 g/mol. The van der Waals surface area contributed by atoms with Gasteiger partial charge in [-0.1, -0.05) is 0 Å². The lowest BCUT2D eigenvalue weighted by Crippen LogP contribution is -2.27. The van der Waals surface area contributed by atoms with Crippen molar-refractivity contribution in [3.05, 3.63) is 34.2 Å². The van der Waals surface area contributed by atoms with Crippen molar-refractivity contribution in [3.63, 3.8) is 0 Å². The number of carboxylic acid groups (broad SMARTS) is 2. The summed E-state index contributed by atoms with van der Waals surface area (Å²) >= 11 is 2.31. The summed E-state index contributed by atoms with van der Waals surface area (Å²) in [5, 5.41) is 19.0. The predicted octanol–water partition coefficient (Wildman–Crippen LogP) is 1.20. The zero-order valence-electron chi connectivity index (χ0n) is 11.9. The highest BCUT2D eigenvalue weighted by molar-refractivity contribution is 14.1. The van der Waals surface area contributed by atoms with Crippen molar-refractivity contribution >= 4 is 40.2 Å². The van der Waals surface area contributed by atoms with Gasteiger partial charge >= 0.3 is 11.9 Å². The number of carbonyl (C=O) groups is 2. The van der Waals surface area contributed by atoms with E-state index in [-0.39, 0.29) is 0 Å². The number of nitrogens with zero attached hydrogens (tertiary/aromatic N) is 2. The Morgan fingerprint density at radius 2 is 1.86 bits per heavy atom. The van der Waals surface area contributed by atoms with E-state index in [1.54, 1.807) is 0 Å². The lowest BCUT2D eigenvalue weighted by molar-refractivity contribution is -0.134. The van der Waals surface area contributed by atoms with Crippen LogP contribution in [0.3, 0.4) is 0 Å². The molecule has 8 heteroatoms. The van der Waals surface area contributed by atoms with Gasteiger partial charge in [-0.05, 0) is 41.6 Å². The quantitative estimate of drug-likeness (QED) is 0.500. The third-order valence-corrected chi connectivity index (χ3v) is 3.35. The molecule has 1 saturated heterocycles. The molecule has 1 aliphatic rings. The molecule has 7 nitrogen and oxygen atoms in total. The van der Waals surface area contributed by atoms with Crippen LogP contribution in [0.4, 0.5) is 5.69 Å². The number of anilines is 1. The first-order valence-corrected chi connectivity index (χ1v) is 7.77. The molecule has 1 fully saturated rings. The number of rotatable bonds is 3. The molecule has 3 N–H and O–H groups in total. The Hall–Kier alpha value is -1.68. The smallest absolute Gasteiger partial charge is 0.328 e. The summed E-state index contributed by atoms with van der Waals surface area (Å²) in [7, 11) is 0. The third-order valence-electron chi connectivity index (χ3n) is 2.76. The van der Waals surface area contributed by atoms with Gasteiger partial charge in [-0.2, -0.15) is 0 Å². The molecule has 0 bridgehead atoms. The third kappa shape index (κ3) is 7.93. The summed E-state index contributed by atoms with van der Waals surface area (Å²) in [4.78, 5) is 25.7. The Labute approximate surface area is 142 Å². The second-order valence-electron chi connectivity index (χ2n) is 4.46. The van der Waals surface area contributed by atoms with Crippen LogP contribution in [-0.2, 0) is 9.59 Å². The standard InChI is InChI=1S/C10H14IN3.C4H4O4/c11-9-6-10(8-13-7-9)14-4-1-2-12-3-5-14;5-3(6)1-2-4(7)8/h6-8,12H,1-5H2;1-2H,(H,5,6)(H,7,8)/b;2-1+. The molecular formula is C14H18IN3O4. The molecule has 1 aromatic rings. The number of hydrogen-bond acceptors (Lipinski definition) is 5. The predicted molar refractivity (Wildman–Crippen MR) is 91.1 cm³/mol. The first kappa shape index (κ1) is 18.4. The van der Waals surface area contributed by atoms with Gasteiger partial charge < -0.3 is 20.4 Å². The van der Waals surface area contributed by atoms with Gasteiger partial charge in [-0.25, -0.2) is 9.59 Å². The largest absolute Gasteiger partial charge is 0.478 e. The number of hydrogen-bond donors (Lipinski definition) is 3. The number of pyridine rings is 1. The number of nitrogens with one attached hydrogen (secondary N) is 1. The number of aromatic nitrogens is 1. The van der Waals surface area contributed by atoms with Gasteiger partial charge in [0.05, 0.1) is 11.9 Å². The monoisotopic (exact) mass is 419 g/mol. The van der Waals surface area contributed by atoms with Crippen LogP contribution in [0.5, 0.6) is 0 Å². The highest BCUT2D eigenvalue weighted by atomic mass is 127. The van der Waals surface area contributed by atoms with Crippen LogP contribution in [0.1, 0.15) is 6.42 Å². The molecule has 0 aromatic carbocycles. The molecule has 1 aromatic heterocycles. The van der Waals surface area contributed by atoms with E-state index in [2.05, 4.69) is 43.9 Å². The second kappa shape index (κ2) is 10.1. The Morgan fingerprint density at radius 1 is 1.18 bits per heavy atom. The van der Waals surface area contributed by atoms with Crippen LogP contribution in [-0.4, -0.2) is 53.3 Å². The summed E-state index contributed by atoms with van der Waals surface area (Å²) in [5.41, 5.74) is 1.25. The number of carboxylic acids is 2. The molecule has 0 atom stereocenters. The van der Waals surface area contributed by atoms with Crippen molar-refractivity contribution < 1.29 is 19.8 Å². The Balaban J connectivity index is 0.000000261. The summed E-state index contributed by atoms with van der Waals surface area (Å²) in [6, 6.07) is 2.19. The maximum absolute atomic E-state index is 9.55. The second-order valence-corrected chi connectivity index (χ2v) is 5.71. The van der Waals surface area contributed by atoms with Gasteiger partial charge in [0.1, 0.15) is 0 Å². The summed E-state index contributed by atoms with van der Waals surface area (Å²) in [5.74, 6) is -2.51. The van der Waals surface area contributed by atoms with Crippen molar-refractivity contribution in [1.29, 1.82) is 0 Å². The van der Waals surface area contributed by atoms with E-state index in [0.717, 1.165) is 26.2 Å². The van der Waals surface area contributed by atoms with E-state index >= 15 is 0 Å². The SMILES string of the molecule is Ic1cncc(N2CCCNCC2)c1.O=C(O)/C=C/C(=O)O. The zero-order chi connectivity index (χ0) is 16.4. The fraction of sp³-hybridized carbons (Fsp3) is 0.357. The molecule has 0 spiro atoms. The molecule has 0 saturated carbocycles. The van der Waals surface area contributed by atoms with Gasteiger partial charge in [0.25, 0.3) is 0 Å². The zero-order valence-corrected chi connectivity index (χ0v) is 14.1. The minimum Gasteiger partial charge on any atom is -0.478 e. The minimum atomic E-state index is -1.26. The minimum absolute atomic E-state index is 0.558. The molecule has 0 radical (unpaired) electrons. The van der Waals surface area contributed by atoms with Crippen molar-refractivity contribution in [2.75, 3.05) is 31.1 Å². The maximum atomic E-state index is 9.55. The van der Waals surface area contributed by atoms with E-state index in [4.69, 9.17) is 10.2 Å². The first-order valence-electron chi connectivity index (χ1n) is 6.69. The molecular weight excluding hydrogens is 401 g/mol. The van der Waals surface area contributed by atoms with E-state index in [0.29, 0.717) is 12.2 Å². The first-order chi connectivity index (χ1) is 10.5. The van der Waals surface area contributed by atoms with Crippen LogP contribution in [0.2, 0.25) is 0 Å². The van der Waals surface area contributed by atoms with Crippen molar-refractivity contribution in [2.45, 2.75) is 6.42 Å². The molecule has 1 aliphatic heterocycles. The molecule has 0 unspecified atom stereocenters. The highest BCUT2D eigenvalue weighted by Crippen LogP contribution is 2.16. The Morgan fingerprint density at radius 3 is 2.45 bits per heavy atom. The Kier molecular flexibility index (Phi) is 8.44. The summed E-state index contributed by atoms with van der Waals surface area (Å²) in [6.07, 6.45) is 6.17. The van der Waals surface area contributed by atoms with Crippen LogP contribution >= 0.6 is 22.6 Å². The van der Waals surface area contributed by atoms with Crippen molar-refractivity contribution in [2.24, 2.45) is 0 Å². The molecule has 2 heterocycles. The normalized spacial score (nSPS) is 14.9. The van der Waals surface area contributed by atoms with Gasteiger partial charge in [0, 0.05) is 41.6 Å². The molecule has 2 rings (SSSR count). The topological polar surface area (TPSA) is 103 Å². The van der Waals surface area contributed by atoms with Crippen LogP contribution in [0.15, 0.2) is 30.6 Å². The van der Waals surface area contributed by atoms with Crippen LogP contribution < -0.4 is 10.2 Å². The average Bonchev–Trinajstić information content (AvgIpc) is 2.75. The van der Waals surface area contributed by atoms with E-state index < -0.39 is 11.9 Å². The van der Waals surface area contributed by atoms with Crippen molar-refractivity contribution in [3.8, 4) is 0 Å². The maximum Gasteiger partial charge on any atom is 0.328 e. The molecule has 0 aliphatic carbocycles. The van der Waals surface area contributed by atoms with Crippen LogP contribution in [0.25, 0.3) is 0 Å². The molecule has 22 heavy (non-hydrogen) atoms. The van der Waals surface area contributed by atoms with E-state index in [9.17, 15) is 9.59 Å². The highest BCUT2D eigenvalue weighted by Gasteiger charge is 2.09. The van der Waals surface area contributed by atoms with E-state index in [1.165, 1.54) is 15.7 Å². The fourth-order valence-corrected chi connectivity index (χ4v) is 2.30. The van der Waals surface area contributed by atoms with Gasteiger partial charge in [0.2, 0.25) is 0 Å². The number of halogens is 1. The van der Waals surface area contributed by atoms with Gasteiger partial charge in [-0.15, -0.1) is 0 Å². The molecule has 120 valence electrons. The van der Waals surface area contributed by atoms with Gasteiger partial charge in [0.15, 0.2) is 0 Å². The Bertz CT molecular complexity index is 513. The fourth-order valence-electron chi connectivity index (χ4n) is 1.82. The van der Waals surface area contributed by atoms with Crippen molar-refractivity contribution in [1.82, 2.24) is 10.3 Å². The lowest BCUT2D eigenvalue weighted by Gasteiger charge is -2.21. The number of aliphatic carboxylic acids is 2. The summed E-state index contributed by atoms with van der Waals surface area (Å²) in [6.45, 7) is 4.43.